The molecule has 8 heteroatoms. The number of benzene rings is 1. The van der Waals surface area contributed by atoms with Gasteiger partial charge in [-0.25, -0.2) is 4.98 Å². The molecule has 2 rings (SSSR count). The van der Waals surface area contributed by atoms with Crippen LogP contribution in [0.4, 0.5) is 5.69 Å². The van der Waals surface area contributed by atoms with Crippen molar-refractivity contribution in [1.29, 1.82) is 10.5 Å². The summed E-state index contributed by atoms with van der Waals surface area (Å²) >= 11 is 3.10. The van der Waals surface area contributed by atoms with Crippen molar-refractivity contribution in [3.05, 3.63) is 56.1 Å². The molecule has 7 nitrogen and oxygen atoms in total. The van der Waals surface area contributed by atoms with E-state index >= 15 is 0 Å². The normalized spacial score (nSPS) is 9.75. The predicted molar refractivity (Wildman–Crippen MR) is 71.6 cm³/mol. The zero-order chi connectivity index (χ0) is 14.7. The van der Waals surface area contributed by atoms with Gasteiger partial charge in [0, 0.05) is 6.07 Å². The lowest BCUT2D eigenvalue weighted by Crippen LogP contribution is -2.02. The smallest absolute Gasteiger partial charge is 0.283 e. The highest BCUT2D eigenvalue weighted by atomic mass is 79.9. The van der Waals surface area contributed by atoms with Crippen LogP contribution in [0, 0.1) is 32.8 Å². The van der Waals surface area contributed by atoms with E-state index in [0.29, 0.717) is 10.0 Å². The Labute approximate surface area is 122 Å². The highest BCUT2D eigenvalue weighted by molar-refractivity contribution is 9.10. The van der Waals surface area contributed by atoms with E-state index in [0.717, 1.165) is 0 Å². The van der Waals surface area contributed by atoms with Crippen LogP contribution in [0.3, 0.4) is 0 Å². The Bertz CT molecular complexity index is 769. The van der Waals surface area contributed by atoms with Gasteiger partial charge in [0.15, 0.2) is 11.4 Å². The average molecular weight is 332 g/mol. The maximum Gasteiger partial charge on any atom is 0.283 e. The number of hydrogen-bond acceptors (Lipinski definition) is 5. The molecule has 0 N–H and O–H groups in total. The molecule has 2 aromatic rings. The zero-order valence-corrected chi connectivity index (χ0v) is 11.5. The summed E-state index contributed by atoms with van der Waals surface area (Å²) in [5.41, 5.74) is 0.761. The van der Waals surface area contributed by atoms with Crippen LogP contribution in [0.5, 0.6) is 0 Å². The SMILES string of the molecule is N#Cc1ncn(Cc2ccc(Br)c([N+](=O)[O-])c2)c1C#N. The van der Waals surface area contributed by atoms with Crippen LogP contribution >= 0.6 is 15.9 Å². The summed E-state index contributed by atoms with van der Waals surface area (Å²) in [5, 5.41) is 28.7. The number of aromatic nitrogens is 2. The molecule has 20 heavy (non-hydrogen) atoms. The van der Waals surface area contributed by atoms with Crippen LogP contribution in [-0.2, 0) is 6.54 Å². The molecule has 1 heterocycles. The molecule has 98 valence electrons. The lowest BCUT2D eigenvalue weighted by atomic mass is 10.2. The monoisotopic (exact) mass is 331 g/mol. The van der Waals surface area contributed by atoms with Crippen molar-refractivity contribution >= 4 is 21.6 Å². The van der Waals surface area contributed by atoms with Gasteiger partial charge in [-0.05, 0) is 27.6 Å². The molecule has 1 aromatic heterocycles. The Balaban J connectivity index is 2.39. The molecule has 0 aliphatic rings. The van der Waals surface area contributed by atoms with E-state index in [4.69, 9.17) is 10.5 Å². The van der Waals surface area contributed by atoms with Crippen molar-refractivity contribution in [2.24, 2.45) is 0 Å². The second-order valence-corrected chi connectivity index (χ2v) is 4.69. The van der Waals surface area contributed by atoms with Gasteiger partial charge in [-0.3, -0.25) is 10.1 Å². The van der Waals surface area contributed by atoms with Gasteiger partial charge in [0.05, 0.1) is 22.3 Å². The van der Waals surface area contributed by atoms with Crippen molar-refractivity contribution in [2.45, 2.75) is 6.54 Å². The second kappa shape index (κ2) is 5.51. The molecule has 0 amide bonds. The topological polar surface area (TPSA) is 109 Å². The van der Waals surface area contributed by atoms with Crippen molar-refractivity contribution < 1.29 is 4.92 Å². The first-order valence-corrected chi connectivity index (χ1v) is 6.14. The van der Waals surface area contributed by atoms with Gasteiger partial charge in [0.2, 0.25) is 0 Å². The zero-order valence-electron chi connectivity index (χ0n) is 9.95. The first-order chi connectivity index (χ1) is 9.56. The Morgan fingerprint density at radius 1 is 1.40 bits per heavy atom. The largest absolute Gasteiger partial charge is 0.317 e. The Morgan fingerprint density at radius 3 is 2.75 bits per heavy atom. The average Bonchev–Trinajstić information content (AvgIpc) is 2.82. The number of imidazole rings is 1. The van der Waals surface area contributed by atoms with Gasteiger partial charge in [-0.1, -0.05) is 6.07 Å². The number of nitriles is 2. The molecule has 0 radical (unpaired) electrons. The van der Waals surface area contributed by atoms with E-state index in [9.17, 15) is 10.1 Å². The lowest BCUT2D eigenvalue weighted by molar-refractivity contribution is -0.385. The van der Waals surface area contributed by atoms with Gasteiger partial charge < -0.3 is 4.57 Å². The van der Waals surface area contributed by atoms with E-state index < -0.39 is 4.92 Å². The molecule has 0 aliphatic carbocycles. The minimum absolute atomic E-state index is 0.0408. The first-order valence-electron chi connectivity index (χ1n) is 5.35. The fourth-order valence-electron chi connectivity index (χ4n) is 1.69. The van der Waals surface area contributed by atoms with Crippen LogP contribution < -0.4 is 0 Å². The summed E-state index contributed by atoms with van der Waals surface area (Å²) in [6.45, 7) is 0.228. The van der Waals surface area contributed by atoms with Crippen molar-refractivity contribution in [3.8, 4) is 12.1 Å². The molecule has 1 aromatic carbocycles. The number of hydrogen-bond donors (Lipinski definition) is 0. The van der Waals surface area contributed by atoms with Crippen molar-refractivity contribution in [3.63, 3.8) is 0 Å². The van der Waals surface area contributed by atoms with E-state index in [1.807, 2.05) is 12.1 Å². The quantitative estimate of drug-likeness (QED) is 0.633. The van der Waals surface area contributed by atoms with Crippen LogP contribution in [0.25, 0.3) is 0 Å². The van der Waals surface area contributed by atoms with Crippen molar-refractivity contribution in [1.82, 2.24) is 9.55 Å². The van der Waals surface area contributed by atoms with Crippen molar-refractivity contribution in [2.75, 3.05) is 0 Å². The molecule has 0 atom stereocenters. The highest BCUT2D eigenvalue weighted by Crippen LogP contribution is 2.26. The van der Waals surface area contributed by atoms with E-state index in [1.165, 1.54) is 17.0 Å². The summed E-state index contributed by atoms with van der Waals surface area (Å²) in [4.78, 5) is 14.2. The molecule has 0 spiro atoms. The summed E-state index contributed by atoms with van der Waals surface area (Å²) in [6.07, 6.45) is 1.37. The predicted octanol–water partition coefficient (Wildman–Crippen LogP) is 2.35. The van der Waals surface area contributed by atoms with Crippen LogP contribution in [0.1, 0.15) is 17.0 Å². The van der Waals surface area contributed by atoms with Crippen LogP contribution in [0.2, 0.25) is 0 Å². The molecular weight excluding hydrogens is 326 g/mol. The number of nitrogens with zero attached hydrogens (tertiary/aromatic N) is 5. The Morgan fingerprint density at radius 2 is 2.15 bits per heavy atom. The number of rotatable bonds is 3. The molecule has 0 aliphatic heterocycles. The second-order valence-electron chi connectivity index (χ2n) is 3.84. The molecule has 0 bridgehead atoms. The molecular formula is C12H6BrN5O2. The molecule has 0 fully saturated rings. The minimum Gasteiger partial charge on any atom is -0.317 e. The number of halogens is 1. The van der Waals surface area contributed by atoms with Gasteiger partial charge in [-0.2, -0.15) is 10.5 Å². The first kappa shape index (κ1) is 13.7. The fraction of sp³-hybridized carbons (Fsp3) is 0.0833. The fourth-order valence-corrected chi connectivity index (χ4v) is 2.09. The van der Waals surface area contributed by atoms with E-state index in [-0.39, 0.29) is 23.6 Å². The Kier molecular flexibility index (Phi) is 3.78. The third-order valence-corrected chi connectivity index (χ3v) is 3.28. The van der Waals surface area contributed by atoms with Crippen LogP contribution in [0.15, 0.2) is 29.0 Å². The number of nitro groups is 1. The molecule has 0 saturated carbocycles. The van der Waals surface area contributed by atoms with Crippen LogP contribution in [-0.4, -0.2) is 14.5 Å². The third kappa shape index (κ3) is 2.51. The highest BCUT2D eigenvalue weighted by Gasteiger charge is 2.14. The summed E-state index contributed by atoms with van der Waals surface area (Å²) in [5.74, 6) is 0. The maximum absolute atomic E-state index is 10.9. The van der Waals surface area contributed by atoms with Gasteiger partial charge in [0.1, 0.15) is 12.1 Å². The summed E-state index contributed by atoms with van der Waals surface area (Å²) < 4.78 is 1.86. The summed E-state index contributed by atoms with van der Waals surface area (Å²) in [6, 6.07) is 8.40. The Hall–Kier alpha value is -2.71. The standard InChI is InChI=1S/C12H6BrN5O2/c13-9-2-1-8(3-11(9)18(19)20)6-17-7-16-10(4-14)12(17)5-15/h1-3,7H,6H2. The molecule has 0 unspecified atom stereocenters. The van der Waals surface area contributed by atoms with Gasteiger partial charge >= 0.3 is 0 Å². The van der Waals surface area contributed by atoms with Gasteiger partial charge in [0.25, 0.3) is 5.69 Å². The maximum atomic E-state index is 10.9. The van der Waals surface area contributed by atoms with E-state index in [2.05, 4.69) is 20.9 Å². The van der Waals surface area contributed by atoms with E-state index in [1.54, 1.807) is 12.1 Å². The third-order valence-electron chi connectivity index (χ3n) is 2.61. The molecule has 0 saturated heterocycles. The van der Waals surface area contributed by atoms with Gasteiger partial charge in [-0.15, -0.1) is 0 Å². The number of nitro benzene ring substituents is 1. The summed E-state index contributed by atoms with van der Waals surface area (Å²) in [7, 11) is 0. The lowest BCUT2D eigenvalue weighted by Gasteiger charge is -2.04. The minimum atomic E-state index is -0.493.